The minimum atomic E-state index is -0.360. The minimum Gasteiger partial charge on any atom is -0.467 e. The van der Waals surface area contributed by atoms with Gasteiger partial charge in [-0.1, -0.05) is 29.8 Å². The summed E-state index contributed by atoms with van der Waals surface area (Å²) in [6.07, 6.45) is 2.54. The number of benzene rings is 1. The van der Waals surface area contributed by atoms with Crippen molar-refractivity contribution in [3.63, 3.8) is 0 Å². The highest BCUT2D eigenvalue weighted by Gasteiger charge is 2.26. The van der Waals surface area contributed by atoms with Gasteiger partial charge in [0.1, 0.15) is 5.76 Å². The van der Waals surface area contributed by atoms with Gasteiger partial charge in [-0.3, -0.25) is 13.9 Å². The van der Waals surface area contributed by atoms with Gasteiger partial charge in [-0.05, 0) is 31.0 Å². The zero-order valence-electron chi connectivity index (χ0n) is 17.0. The zero-order chi connectivity index (χ0) is 20.8. The average molecular weight is 405 g/mol. The summed E-state index contributed by atoms with van der Waals surface area (Å²) in [5.41, 5.74) is 2.29. The van der Waals surface area contributed by atoms with E-state index in [0.29, 0.717) is 30.2 Å². The van der Waals surface area contributed by atoms with E-state index in [9.17, 15) is 9.59 Å². The lowest BCUT2D eigenvalue weighted by molar-refractivity contribution is 0.481. The van der Waals surface area contributed by atoms with E-state index in [4.69, 9.17) is 9.40 Å². The molecule has 30 heavy (non-hydrogen) atoms. The van der Waals surface area contributed by atoms with Gasteiger partial charge in [-0.2, -0.15) is 4.98 Å². The third-order valence-electron chi connectivity index (χ3n) is 5.69. The Bertz CT molecular complexity index is 1330. The van der Waals surface area contributed by atoms with Crippen molar-refractivity contribution in [1.29, 1.82) is 0 Å². The monoisotopic (exact) mass is 405 g/mol. The first-order valence-corrected chi connectivity index (χ1v) is 10.1. The van der Waals surface area contributed by atoms with E-state index in [2.05, 4.69) is 4.90 Å². The number of hydrogen-bond donors (Lipinski definition) is 0. The molecule has 154 valence electrons. The molecule has 5 rings (SSSR count). The van der Waals surface area contributed by atoms with Crippen LogP contribution in [0.3, 0.4) is 0 Å². The Kier molecular flexibility index (Phi) is 4.34. The number of aromatic nitrogens is 4. The van der Waals surface area contributed by atoms with Crippen LogP contribution in [0.15, 0.2) is 56.7 Å². The SMILES string of the molecule is Cc1ccc(Cn2c(=O)c3c(nc4n3CCCN4Cc3ccco3)n(C)c2=O)cc1. The van der Waals surface area contributed by atoms with Crippen molar-refractivity contribution in [2.24, 2.45) is 7.05 Å². The zero-order valence-corrected chi connectivity index (χ0v) is 17.0. The fourth-order valence-electron chi connectivity index (χ4n) is 4.09. The molecular weight excluding hydrogens is 382 g/mol. The second-order valence-corrected chi connectivity index (χ2v) is 7.81. The maximum atomic E-state index is 13.4. The first-order valence-electron chi connectivity index (χ1n) is 10.1. The topological polar surface area (TPSA) is 78.2 Å². The molecule has 8 nitrogen and oxygen atoms in total. The van der Waals surface area contributed by atoms with Crippen LogP contribution >= 0.6 is 0 Å². The Hall–Kier alpha value is -3.55. The summed E-state index contributed by atoms with van der Waals surface area (Å²) >= 11 is 0. The van der Waals surface area contributed by atoms with Gasteiger partial charge >= 0.3 is 5.69 Å². The summed E-state index contributed by atoms with van der Waals surface area (Å²) in [4.78, 5) is 33.1. The van der Waals surface area contributed by atoms with Crippen LogP contribution in [0, 0.1) is 6.92 Å². The lowest BCUT2D eigenvalue weighted by Gasteiger charge is -2.28. The third kappa shape index (κ3) is 2.96. The molecule has 0 radical (unpaired) electrons. The highest BCUT2D eigenvalue weighted by Crippen LogP contribution is 2.25. The molecule has 0 fully saturated rings. The van der Waals surface area contributed by atoms with Gasteiger partial charge in [-0.25, -0.2) is 4.79 Å². The fraction of sp³-hybridized carbons (Fsp3) is 0.318. The van der Waals surface area contributed by atoms with Gasteiger partial charge in [0.2, 0.25) is 5.95 Å². The van der Waals surface area contributed by atoms with Crippen LogP contribution in [0.1, 0.15) is 23.3 Å². The molecule has 4 aromatic rings. The van der Waals surface area contributed by atoms with Crippen LogP contribution in [0.4, 0.5) is 5.95 Å². The van der Waals surface area contributed by atoms with Gasteiger partial charge in [0.25, 0.3) is 5.56 Å². The number of furan rings is 1. The summed E-state index contributed by atoms with van der Waals surface area (Å²) in [6, 6.07) is 11.6. The van der Waals surface area contributed by atoms with Crippen molar-refractivity contribution in [3.05, 3.63) is 80.4 Å². The van der Waals surface area contributed by atoms with Crippen molar-refractivity contribution in [2.75, 3.05) is 11.4 Å². The number of aryl methyl sites for hydroxylation is 3. The van der Waals surface area contributed by atoms with E-state index in [1.165, 1.54) is 9.13 Å². The Balaban J connectivity index is 1.64. The molecular formula is C22H23N5O3. The molecule has 1 aliphatic heterocycles. The molecule has 0 bridgehead atoms. The predicted octanol–water partition coefficient (Wildman–Crippen LogP) is 2.26. The minimum absolute atomic E-state index is 0.234. The number of nitrogens with zero attached hydrogens (tertiary/aromatic N) is 5. The molecule has 0 spiro atoms. The molecule has 3 aromatic heterocycles. The van der Waals surface area contributed by atoms with Crippen molar-refractivity contribution in [1.82, 2.24) is 18.7 Å². The van der Waals surface area contributed by atoms with Gasteiger partial charge in [-0.15, -0.1) is 0 Å². The van der Waals surface area contributed by atoms with Crippen molar-refractivity contribution < 1.29 is 4.42 Å². The van der Waals surface area contributed by atoms with E-state index in [1.807, 2.05) is 47.9 Å². The molecule has 0 aliphatic carbocycles. The lowest BCUT2D eigenvalue weighted by Crippen LogP contribution is -2.40. The normalized spacial score (nSPS) is 13.7. The summed E-state index contributed by atoms with van der Waals surface area (Å²) < 4.78 is 10.2. The summed E-state index contributed by atoms with van der Waals surface area (Å²) in [5.74, 6) is 1.54. The van der Waals surface area contributed by atoms with E-state index in [0.717, 1.165) is 29.9 Å². The standard InChI is InChI=1S/C22H23N5O3/c1-15-6-8-16(9-7-15)13-27-20(28)18-19(24(2)22(27)29)23-21-25(10-4-11-26(18)21)14-17-5-3-12-30-17/h3,5-9,12H,4,10-11,13-14H2,1-2H3. The van der Waals surface area contributed by atoms with Crippen molar-refractivity contribution in [3.8, 4) is 0 Å². The van der Waals surface area contributed by atoms with Crippen LogP contribution < -0.4 is 16.1 Å². The quantitative estimate of drug-likeness (QED) is 0.520. The van der Waals surface area contributed by atoms with Gasteiger partial charge in [0, 0.05) is 20.1 Å². The first kappa shape index (κ1) is 18.5. The molecule has 0 atom stereocenters. The predicted molar refractivity (Wildman–Crippen MR) is 114 cm³/mol. The van der Waals surface area contributed by atoms with E-state index in [-0.39, 0.29) is 17.8 Å². The Morgan fingerprint density at radius 1 is 1.07 bits per heavy atom. The Morgan fingerprint density at radius 2 is 1.87 bits per heavy atom. The third-order valence-corrected chi connectivity index (χ3v) is 5.69. The summed E-state index contributed by atoms with van der Waals surface area (Å²) in [7, 11) is 1.67. The average Bonchev–Trinajstić information content (AvgIpc) is 3.39. The maximum Gasteiger partial charge on any atom is 0.332 e. The summed E-state index contributed by atoms with van der Waals surface area (Å²) in [6.45, 7) is 4.32. The molecule has 8 heteroatoms. The van der Waals surface area contributed by atoms with E-state index in [1.54, 1.807) is 13.3 Å². The molecule has 0 saturated carbocycles. The number of anilines is 1. The first-order chi connectivity index (χ1) is 14.5. The molecule has 4 heterocycles. The van der Waals surface area contributed by atoms with Crippen LogP contribution in [0.25, 0.3) is 11.2 Å². The largest absolute Gasteiger partial charge is 0.467 e. The number of rotatable bonds is 4. The van der Waals surface area contributed by atoms with Gasteiger partial charge in [0.15, 0.2) is 11.2 Å². The second-order valence-electron chi connectivity index (χ2n) is 7.81. The van der Waals surface area contributed by atoms with Crippen molar-refractivity contribution in [2.45, 2.75) is 33.0 Å². The Labute approximate surface area is 172 Å². The molecule has 0 saturated heterocycles. The van der Waals surface area contributed by atoms with Crippen LogP contribution in [-0.2, 0) is 26.7 Å². The van der Waals surface area contributed by atoms with E-state index < -0.39 is 0 Å². The Morgan fingerprint density at radius 3 is 2.60 bits per heavy atom. The number of imidazole rings is 1. The molecule has 0 N–H and O–H groups in total. The maximum absolute atomic E-state index is 13.4. The van der Waals surface area contributed by atoms with Crippen LogP contribution in [-0.4, -0.2) is 25.2 Å². The van der Waals surface area contributed by atoms with Crippen molar-refractivity contribution >= 4 is 17.1 Å². The molecule has 0 amide bonds. The summed E-state index contributed by atoms with van der Waals surface area (Å²) in [5, 5.41) is 0. The van der Waals surface area contributed by atoms with Gasteiger partial charge in [0.05, 0.1) is 19.4 Å². The lowest BCUT2D eigenvalue weighted by atomic mass is 10.1. The van der Waals surface area contributed by atoms with Gasteiger partial charge < -0.3 is 13.9 Å². The molecule has 0 unspecified atom stereocenters. The second kappa shape index (κ2) is 7.05. The highest BCUT2D eigenvalue weighted by molar-refractivity contribution is 5.75. The van der Waals surface area contributed by atoms with E-state index >= 15 is 0 Å². The number of hydrogen-bond acceptors (Lipinski definition) is 5. The smallest absolute Gasteiger partial charge is 0.332 e. The molecule has 1 aromatic carbocycles. The highest BCUT2D eigenvalue weighted by atomic mass is 16.3. The fourth-order valence-corrected chi connectivity index (χ4v) is 4.09. The number of fused-ring (bicyclic) bond motifs is 3. The van der Waals surface area contributed by atoms with Crippen LogP contribution in [0.5, 0.6) is 0 Å². The van der Waals surface area contributed by atoms with Crippen LogP contribution in [0.2, 0.25) is 0 Å². The molecule has 1 aliphatic rings.